The molecule has 1 aliphatic rings. The van der Waals surface area contributed by atoms with E-state index in [1.54, 1.807) is 13.1 Å². The van der Waals surface area contributed by atoms with Crippen molar-refractivity contribution >= 4 is 5.82 Å². The summed E-state index contributed by atoms with van der Waals surface area (Å²) in [6.07, 6.45) is 3.22. The molecule has 0 radical (unpaired) electrons. The maximum atomic E-state index is 9.73. The first kappa shape index (κ1) is 12.3. The minimum atomic E-state index is -0.490. The molecule has 0 aromatic carbocycles. The molecular formula is C13H20N2O2. The van der Waals surface area contributed by atoms with Crippen molar-refractivity contribution in [1.82, 2.24) is 4.98 Å². The van der Waals surface area contributed by atoms with Gasteiger partial charge in [0.05, 0.1) is 6.10 Å². The van der Waals surface area contributed by atoms with Crippen LogP contribution in [0.25, 0.3) is 0 Å². The van der Waals surface area contributed by atoms with E-state index in [0.717, 1.165) is 37.3 Å². The molecule has 1 aromatic rings. The lowest BCUT2D eigenvalue weighted by Gasteiger charge is -2.21. The summed E-state index contributed by atoms with van der Waals surface area (Å²) in [6.45, 7) is 3.91. The Balaban J connectivity index is 2.13. The fourth-order valence-corrected chi connectivity index (χ4v) is 2.44. The quantitative estimate of drug-likeness (QED) is 0.828. The topological polar surface area (TPSA) is 56.6 Å². The number of nitrogens with zero attached hydrogens (tertiary/aromatic N) is 2. The van der Waals surface area contributed by atoms with Crippen molar-refractivity contribution in [3.63, 3.8) is 0 Å². The molecule has 2 N–H and O–H groups in total. The third kappa shape index (κ3) is 2.76. The molecule has 1 aromatic heterocycles. The molecule has 0 spiro atoms. The molecule has 1 saturated heterocycles. The maximum absolute atomic E-state index is 9.73. The predicted molar refractivity (Wildman–Crippen MR) is 66.9 cm³/mol. The van der Waals surface area contributed by atoms with Gasteiger partial charge in [0.25, 0.3) is 0 Å². The molecule has 0 amide bonds. The van der Waals surface area contributed by atoms with Gasteiger partial charge < -0.3 is 15.1 Å². The Morgan fingerprint density at radius 2 is 2.41 bits per heavy atom. The number of hydrogen-bond donors (Lipinski definition) is 2. The minimum Gasteiger partial charge on any atom is -0.396 e. The first-order chi connectivity index (χ1) is 8.22. The molecule has 4 nitrogen and oxygen atoms in total. The van der Waals surface area contributed by atoms with Gasteiger partial charge >= 0.3 is 0 Å². The molecule has 94 valence electrons. The van der Waals surface area contributed by atoms with Crippen molar-refractivity contribution < 1.29 is 10.2 Å². The van der Waals surface area contributed by atoms with E-state index in [1.165, 1.54) is 0 Å². The molecule has 4 heteroatoms. The van der Waals surface area contributed by atoms with Crippen molar-refractivity contribution in [2.75, 3.05) is 24.6 Å². The van der Waals surface area contributed by atoms with E-state index in [2.05, 4.69) is 9.88 Å². The van der Waals surface area contributed by atoms with Crippen LogP contribution in [0.1, 0.15) is 31.4 Å². The van der Waals surface area contributed by atoms with E-state index >= 15 is 0 Å². The number of pyridine rings is 1. The van der Waals surface area contributed by atoms with Crippen molar-refractivity contribution in [3.8, 4) is 0 Å². The largest absolute Gasteiger partial charge is 0.396 e. The van der Waals surface area contributed by atoms with Gasteiger partial charge in [0, 0.05) is 31.5 Å². The lowest BCUT2D eigenvalue weighted by atomic mass is 10.1. The van der Waals surface area contributed by atoms with Gasteiger partial charge in [-0.2, -0.15) is 0 Å². The van der Waals surface area contributed by atoms with Crippen molar-refractivity contribution in [3.05, 3.63) is 23.9 Å². The van der Waals surface area contributed by atoms with Gasteiger partial charge in [-0.05, 0) is 31.7 Å². The Bertz CT molecular complexity index is 368. The summed E-state index contributed by atoms with van der Waals surface area (Å²) in [5, 5.41) is 18.7. The molecule has 17 heavy (non-hydrogen) atoms. The molecule has 0 bridgehead atoms. The zero-order valence-electron chi connectivity index (χ0n) is 10.2. The average molecular weight is 236 g/mol. The molecular weight excluding hydrogens is 216 g/mol. The second-order valence-electron chi connectivity index (χ2n) is 4.71. The van der Waals surface area contributed by atoms with E-state index in [1.807, 2.05) is 12.1 Å². The monoisotopic (exact) mass is 236 g/mol. The lowest BCUT2D eigenvalue weighted by Crippen LogP contribution is -2.23. The molecule has 2 rings (SSSR count). The first-order valence-corrected chi connectivity index (χ1v) is 6.21. The first-order valence-electron chi connectivity index (χ1n) is 6.21. The Hall–Kier alpha value is -1.13. The zero-order valence-corrected chi connectivity index (χ0v) is 10.2. The molecule has 0 aliphatic carbocycles. The van der Waals surface area contributed by atoms with Crippen LogP contribution in [-0.2, 0) is 0 Å². The lowest BCUT2D eigenvalue weighted by molar-refractivity contribution is 0.199. The summed E-state index contributed by atoms with van der Waals surface area (Å²) in [5.41, 5.74) is 0.886. The number of rotatable bonds is 4. The smallest absolute Gasteiger partial charge is 0.134 e. The van der Waals surface area contributed by atoms with Crippen molar-refractivity contribution in [1.29, 1.82) is 0 Å². The number of hydrogen-bond acceptors (Lipinski definition) is 4. The highest BCUT2D eigenvalue weighted by molar-refractivity contribution is 5.48. The Morgan fingerprint density at radius 3 is 3.12 bits per heavy atom. The van der Waals surface area contributed by atoms with Crippen LogP contribution in [-0.4, -0.2) is 34.9 Å². The minimum absolute atomic E-state index is 0.254. The van der Waals surface area contributed by atoms with Gasteiger partial charge in [0.1, 0.15) is 5.82 Å². The summed E-state index contributed by atoms with van der Waals surface area (Å²) < 4.78 is 0. The highest BCUT2D eigenvalue weighted by Crippen LogP contribution is 2.29. The van der Waals surface area contributed by atoms with Gasteiger partial charge in [-0.15, -0.1) is 0 Å². The average Bonchev–Trinajstić information content (AvgIpc) is 2.78. The van der Waals surface area contributed by atoms with Gasteiger partial charge in [-0.25, -0.2) is 4.98 Å². The summed E-state index contributed by atoms with van der Waals surface area (Å²) in [6, 6.07) is 3.78. The normalized spacial score (nSPS) is 21.8. The van der Waals surface area contributed by atoms with E-state index in [4.69, 9.17) is 5.11 Å². The summed E-state index contributed by atoms with van der Waals surface area (Å²) in [7, 11) is 0. The molecule has 1 unspecified atom stereocenters. The molecule has 0 saturated carbocycles. The van der Waals surface area contributed by atoms with E-state index in [-0.39, 0.29) is 6.61 Å². The van der Waals surface area contributed by atoms with Crippen LogP contribution in [0, 0.1) is 5.92 Å². The number of aliphatic hydroxyl groups excluding tert-OH is 2. The van der Waals surface area contributed by atoms with Crippen molar-refractivity contribution in [2.45, 2.75) is 25.9 Å². The van der Waals surface area contributed by atoms with Crippen LogP contribution in [0.15, 0.2) is 18.3 Å². The van der Waals surface area contributed by atoms with Crippen LogP contribution < -0.4 is 4.90 Å². The summed E-state index contributed by atoms with van der Waals surface area (Å²) >= 11 is 0. The SMILES string of the molecule is C[C@H](O)c1cccnc1N1CCC(CCO)C1. The molecule has 2 heterocycles. The second-order valence-corrected chi connectivity index (χ2v) is 4.71. The number of anilines is 1. The van der Waals surface area contributed by atoms with Gasteiger partial charge in [0.15, 0.2) is 0 Å². The van der Waals surface area contributed by atoms with Crippen LogP contribution in [0.4, 0.5) is 5.82 Å². The van der Waals surface area contributed by atoms with Crippen LogP contribution >= 0.6 is 0 Å². The van der Waals surface area contributed by atoms with Crippen LogP contribution in [0.3, 0.4) is 0 Å². The van der Waals surface area contributed by atoms with E-state index < -0.39 is 6.10 Å². The highest BCUT2D eigenvalue weighted by atomic mass is 16.3. The third-order valence-corrected chi connectivity index (χ3v) is 3.39. The maximum Gasteiger partial charge on any atom is 0.134 e. The fourth-order valence-electron chi connectivity index (χ4n) is 2.44. The van der Waals surface area contributed by atoms with Crippen LogP contribution in [0.5, 0.6) is 0 Å². The van der Waals surface area contributed by atoms with Crippen molar-refractivity contribution in [2.24, 2.45) is 5.92 Å². The van der Waals surface area contributed by atoms with Gasteiger partial charge in [-0.3, -0.25) is 0 Å². The van der Waals surface area contributed by atoms with Gasteiger partial charge in [0.2, 0.25) is 0 Å². The van der Waals surface area contributed by atoms with Crippen LogP contribution in [0.2, 0.25) is 0 Å². The highest BCUT2D eigenvalue weighted by Gasteiger charge is 2.25. The number of aromatic nitrogens is 1. The Kier molecular flexibility index (Phi) is 3.97. The van der Waals surface area contributed by atoms with Gasteiger partial charge in [-0.1, -0.05) is 6.07 Å². The molecule has 2 atom stereocenters. The standard InChI is InChI=1S/C13H20N2O2/c1-10(17)12-3-2-6-14-13(12)15-7-4-11(9-15)5-8-16/h2-3,6,10-11,16-17H,4-5,7-9H2,1H3/t10-,11?/m0/s1. The second kappa shape index (κ2) is 5.47. The Morgan fingerprint density at radius 1 is 1.59 bits per heavy atom. The molecule has 1 aliphatic heterocycles. The number of aliphatic hydroxyl groups is 2. The summed E-state index contributed by atoms with van der Waals surface area (Å²) in [5.74, 6) is 1.44. The van der Waals surface area contributed by atoms with E-state index in [0.29, 0.717) is 5.92 Å². The zero-order chi connectivity index (χ0) is 12.3. The third-order valence-electron chi connectivity index (χ3n) is 3.39. The molecule has 1 fully saturated rings. The summed E-state index contributed by atoms with van der Waals surface area (Å²) in [4.78, 5) is 6.59. The Labute approximate surface area is 102 Å². The predicted octanol–water partition coefficient (Wildman–Crippen LogP) is 1.34. The van der Waals surface area contributed by atoms with E-state index in [9.17, 15) is 5.11 Å². The fraction of sp³-hybridized carbons (Fsp3) is 0.615.